The maximum atomic E-state index is 12.6. The van der Waals surface area contributed by atoms with Crippen LogP contribution in [0, 0.1) is 29.6 Å². The number of nitrogens with zero attached hydrogens (tertiary/aromatic N) is 12. The van der Waals surface area contributed by atoms with E-state index >= 15 is 0 Å². The second-order valence-electron chi connectivity index (χ2n) is 34.3. The van der Waals surface area contributed by atoms with Crippen LogP contribution in [0.4, 0.5) is 13.2 Å². The van der Waals surface area contributed by atoms with Gasteiger partial charge in [0, 0.05) is 140 Å². The predicted molar refractivity (Wildman–Crippen MR) is 523 cm³/mol. The summed E-state index contributed by atoms with van der Waals surface area (Å²) in [4.78, 5) is 75.6. The Labute approximate surface area is 799 Å². The number of aromatic nitrogens is 12. The van der Waals surface area contributed by atoms with Crippen molar-refractivity contribution in [2.75, 3.05) is 39.3 Å². The molecule has 0 amide bonds. The number of ether oxygens (including phenoxy) is 6. The SMILES string of the molecule is CC(=O)c1ccc2c(cnn2Cc2cc(S(C)(=O)=O)ccc2OCC(C)C)c1.CC(=O)c1cnc2c(ccn2Cc2cc(Br)ccc2OCC(C)C)c1.CC(=O)c1cnc2c(cnn2Cc2cc(Cl)ccc2OCC(C)C)c1.CC(=O)c1cnc2c(cnn2Cc2cc(OC(F)(F)F)ccc2OCC(C)C)c1.CCC(CC)COc1ccc(Br)cc1Cn1ccc2cc(C(C)=O)cnc21. The van der Waals surface area contributed by atoms with Crippen LogP contribution in [0.2, 0.25) is 5.02 Å². The number of carbonyl (C=O) groups is 5. The van der Waals surface area contributed by atoms with Crippen LogP contribution in [0.3, 0.4) is 0 Å². The molecule has 15 aromatic rings. The fourth-order valence-corrected chi connectivity index (χ4v) is 15.6. The number of Topliss-reactive ketones (excluding diaryl/α,β-unsaturated/α-hetero) is 5. The van der Waals surface area contributed by atoms with Gasteiger partial charge in [-0.1, -0.05) is 126 Å². The molecule has 704 valence electrons. The van der Waals surface area contributed by atoms with Gasteiger partial charge in [-0.25, -0.2) is 37.7 Å². The van der Waals surface area contributed by atoms with Gasteiger partial charge in [-0.05, 0) is 210 Å². The molecule has 0 atom stereocenters. The summed E-state index contributed by atoms with van der Waals surface area (Å²) in [5, 5.41) is 18.0. The number of carbonyl (C=O) groups excluding carboxylic acids is 5. The van der Waals surface area contributed by atoms with E-state index in [-0.39, 0.29) is 52.0 Å². The van der Waals surface area contributed by atoms with E-state index in [0.717, 1.165) is 112 Å². The fourth-order valence-electron chi connectivity index (χ4n) is 13.9. The Morgan fingerprint density at radius 2 is 0.739 bits per heavy atom. The van der Waals surface area contributed by atoms with Crippen LogP contribution in [-0.2, 0) is 42.6 Å². The van der Waals surface area contributed by atoms with Crippen molar-refractivity contribution in [1.82, 2.24) is 58.4 Å². The molecule has 0 radical (unpaired) electrons. The lowest BCUT2D eigenvalue weighted by molar-refractivity contribution is -0.274. The highest BCUT2D eigenvalue weighted by Crippen LogP contribution is 2.35. The first-order chi connectivity index (χ1) is 63.6. The van der Waals surface area contributed by atoms with E-state index in [1.54, 1.807) is 90.7 Å². The highest BCUT2D eigenvalue weighted by molar-refractivity contribution is 9.10. The van der Waals surface area contributed by atoms with Crippen LogP contribution < -0.4 is 28.4 Å². The van der Waals surface area contributed by atoms with E-state index in [1.165, 1.54) is 56.1 Å². The fraction of sp³-hybridized carbons (Fsp3) is 0.333. The lowest BCUT2D eigenvalue weighted by Gasteiger charge is -2.17. The topological polar surface area (TPSA) is 290 Å². The number of fused-ring (bicyclic) bond motifs is 5. The second-order valence-corrected chi connectivity index (χ2v) is 38.6. The zero-order valence-electron chi connectivity index (χ0n) is 77.8. The molecule has 0 aliphatic carbocycles. The number of rotatable bonds is 34. The molecule has 0 aliphatic heterocycles. The molecule has 0 aliphatic rings. The molecule has 9 aromatic heterocycles. The number of alkyl halides is 3. The van der Waals surface area contributed by atoms with Crippen molar-refractivity contribution in [3.8, 4) is 34.5 Å². The summed E-state index contributed by atoms with van der Waals surface area (Å²) in [6, 6.07) is 43.3. The highest BCUT2D eigenvalue weighted by Gasteiger charge is 2.32. The smallest absolute Gasteiger partial charge is 0.493 e. The van der Waals surface area contributed by atoms with Crippen molar-refractivity contribution in [1.29, 1.82) is 0 Å². The number of hydrogen-bond acceptors (Lipinski definition) is 20. The second kappa shape index (κ2) is 46.5. The van der Waals surface area contributed by atoms with Gasteiger partial charge in [0.2, 0.25) is 0 Å². The first kappa shape index (κ1) is 102. The molecule has 0 bridgehead atoms. The molecule has 15 rings (SSSR count). The molecule has 134 heavy (non-hydrogen) atoms. The molecule has 0 saturated heterocycles. The van der Waals surface area contributed by atoms with Gasteiger partial charge >= 0.3 is 6.36 Å². The molecule has 0 N–H and O–H groups in total. The molecule has 0 unspecified atom stereocenters. The van der Waals surface area contributed by atoms with E-state index in [1.807, 2.05) is 111 Å². The van der Waals surface area contributed by atoms with E-state index in [2.05, 4.69) is 148 Å². The average Bonchev–Trinajstić information content (AvgIpc) is 1.60. The first-order valence-electron chi connectivity index (χ1n) is 43.9. The maximum Gasteiger partial charge on any atom is 0.573 e. The summed E-state index contributed by atoms with van der Waals surface area (Å²) in [6.07, 6.45) is 13.9. The number of pyridine rings is 4. The molecule has 0 fully saturated rings. The number of sulfone groups is 1. The number of halogens is 6. The third-order valence-electron chi connectivity index (χ3n) is 21.2. The van der Waals surface area contributed by atoms with Crippen molar-refractivity contribution < 1.29 is 74.0 Å². The Kier molecular flexibility index (Phi) is 35.4. The molecule has 9 heterocycles. The quantitative estimate of drug-likeness (QED) is 0.0339. The third-order valence-corrected chi connectivity index (χ3v) is 23.5. The monoisotopic (exact) mass is 1990 g/mol. The van der Waals surface area contributed by atoms with Crippen LogP contribution in [-0.4, -0.2) is 141 Å². The highest BCUT2D eigenvalue weighted by atomic mass is 79.9. The Morgan fingerprint density at radius 3 is 1.15 bits per heavy atom. The van der Waals surface area contributed by atoms with Gasteiger partial charge in [0.25, 0.3) is 0 Å². The van der Waals surface area contributed by atoms with Crippen molar-refractivity contribution >= 4 is 137 Å². The summed E-state index contributed by atoms with van der Waals surface area (Å²) in [6.45, 7) is 33.8. The lowest BCUT2D eigenvalue weighted by atomic mass is 10.1. The van der Waals surface area contributed by atoms with Crippen LogP contribution in [0.25, 0.3) is 55.0 Å². The van der Waals surface area contributed by atoms with Crippen molar-refractivity contribution in [3.63, 3.8) is 0 Å². The lowest BCUT2D eigenvalue weighted by Crippen LogP contribution is -2.17. The minimum Gasteiger partial charge on any atom is -0.493 e. The van der Waals surface area contributed by atoms with Gasteiger partial charge in [0.05, 0.1) is 94.8 Å². The Hall–Kier alpha value is -12.5. The number of hydrogen-bond donors (Lipinski definition) is 0. The summed E-state index contributed by atoms with van der Waals surface area (Å²) in [5.41, 5.74) is 11.1. The summed E-state index contributed by atoms with van der Waals surface area (Å²) < 4.78 is 107. The van der Waals surface area contributed by atoms with Gasteiger partial charge in [-0.2, -0.15) is 15.3 Å². The average molecular weight is 2000 g/mol. The predicted octanol–water partition coefficient (Wildman–Crippen LogP) is 23.7. The number of ketones is 5. The van der Waals surface area contributed by atoms with Crippen molar-refractivity contribution in [3.05, 3.63) is 271 Å². The first-order valence-corrected chi connectivity index (χ1v) is 47.8. The largest absolute Gasteiger partial charge is 0.573 e. The maximum absolute atomic E-state index is 12.6. The Balaban J connectivity index is 0.000000161. The molecule has 0 spiro atoms. The summed E-state index contributed by atoms with van der Waals surface area (Å²) in [5.74, 6) is 5.32. The van der Waals surface area contributed by atoms with E-state index in [0.29, 0.717) is 137 Å². The van der Waals surface area contributed by atoms with Gasteiger partial charge in [-0.3, -0.25) is 28.7 Å². The Morgan fingerprint density at radius 1 is 0.388 bits per heavy atom. The van der Waals surface area contributed by atoms with Crippen molar-refractivity contribution in [2.45, 2.75) is 161 Å². The van der Waals surface area contributed by atoms with Gasteiger partial charge in [0.1, 0.15) is 45.8 Å². The zero-order valence-corrected chi connectivity index (χ0v) is 82.5. The van der Waals surface area contributed by atoms with E-state index in [4.69, 9.17) is 35.3 Å². The van der Waals surface area contributed by atoms with E-state index in [9.17, 15) is 45.6 Å². The molecular weight excluding hydrogens is 1890 g/mol. The van der Waals surface area contributed by atoms with Crippen molar-refractivity contribution in [2.24, 2.45) is 29.6 Å². The molecular formula is C102H110Br2ClF3N12O13S. The summed E-state index contributed by atoms with van der Waals surface area (Å²) in [7, 11) is -3.33. The molecule has 6 aromatic carbocycles. The minimum absolute atomic E-state index is 0.000115. The Bertz CT molecular complexity index is 6670. The number of benzene rings is 6. The van der Waals surface area contributed by atoms with Crippen LogP contribution in [0.1, 0.15) is 196 Å². The summed E-state index contributed by atoms with van der Waals surface area (Å²) >= 11 is 13.3. The third kappa shape index (κ3) is 28.6. The zero-order chi connectivity index (χ0) is 97.0. The van der Waals surface area contributed by atoms with Crippen LogP contribution >= 0.6 is 43.5 Å². The standard InChI is InChI=1S/C22H25BrN2O2.C21H24N2O4S.C20H21BrN2O2.C20H20F3N3O3.C19H20ClN3O2/c1-4-16(5-2)14-27-21-7-6-20(23)11-19(21)13-25-9-8-17-10-18(15(3)26)12-24-22(17)25;1-14(2)13-27-21-8-6-19(28(4,25)26)10-18(21)12-23-20-7-5-16(15(3)24)9-17(20)11-22-23;1-13(2)12-25-19-5-4-18(21)9-17(19)11-23-7-6-15-8-16(14(3)24)10-22-20(15)23;1-12(2)11-28-18-5-4-17(29-20(21,22)23)7-16(18)10-26-19-15(9-25-26)6-14(8-24-19)13(3)27;1-12(2)11-25-18-5-4-17(20)7-16(18)10-23-19-15(9-22-23)6-14(8-21-19)13(3)24/h6-12,16H,4-5,13-14H2,1-3H3;5-11,14H,12-13H2,1-4H3;4-10,13H,11-12H2,1-3H3;4-9,12H,10-11H2,1-3H3;4-9,12H,10-11H2,1-3H3. The normalized spacial score (nSPS) is 11.5. The molecule has 25 nitrogen and oxygen atoms in total. The van der Waals surface area contributed by atoms with E-state index < -0.39 is 16.2 Å². The molecule has 0 saturated carbocycles. The molecule has 32 heteroatoms. The van der Waals surface area contributed by atoms with Gasteiger partial charge in [-0.15, -0.1) is 13.2 Å². The van der Waals surface area contributed by atoms with Gasteiger partial charge in [0.15, 0.2) is 50.0 Å². The van der Waals surface area contributed by atoms with Crippen LogP contribution in [0.15, 0.2) is 215 Å². The minimum atomic E-state index is -4.79. The van der Waals surface area contributed by atoms with Gasteiger partial charge < -0.3 is 37.6 Å². The van der Waals surface area contributed by atoms with Crippen LogP contribution in [0.5, 0.6) is 34.5 Å².